The minimum absolute atomic E-state index is 0.113. The lowest BCUT2D eigenvalue weighted by molar-refractivity contribution is -0.138. The second kappa shape index (κ2) is 7.22. The van der Waals surface area contributed by atoms with E-state index < -0.39 is 5.54 Å². The molecule has 2 N–H and O–H groups in total. The number of amides is 1. The van der Waals surface area contributed by atoms with Crippen LogP contribution in [0.4, 0.5) is 0 Å². The maximum absolute atomic E-state index is 12.4. The van der Waals surface area contributed by atoms with Gasteiger partial charge >= 0.3 is 0 Å². The van der Waals surface area contributed by atoms with E-state index in [0.717, 1.165) is 52.1 Å². The average molecular weight is 270 g/mol. The SMILES string of the molecule is CCCC(C)(N)C(=O)N1CCN(CCN(C)C)CC1. The van der Waals surface area contributed by atoms with Crippen molar-refractivity contribution in [1.82, 2.24) is 14.7 Å². The van der Waals surface area contributed by atoms with Crippen molar-refractivity contribution < 1.29 is 4.79 Å². The summed E-state index contributed by atoms with van der Waals surface area (Å²) in [6.45, 7) is 9.60. The summed E-state index contributed by atoms with van der Waals surface area (Å²) in [6.07, 6.45) is 1.70. The van der Waals surface area contributed by atoms with Crippen molar-refractivity contribution in [2.24, 2.45) is 5.73 Å². The molecule has 1 unspecified atom stereocenters. The van der Waals surface area contributed by atoms with Crippen LogP contribution in [0.3, 0.4) is 0 Å². The number of hydrogen-bond acceptors (Lipinski definition) is 4. The normalized spacial score (nSPS) is 20.6. The molecule has 1 aliphatic heterocycles. The van der Waals surface area contributed by atoms with Gasteiger partial charge in [0.1, 0.15) is 0 Å². The number of carbonyl (C=O) groups is 1. The highest BCUT2D eigenvalue weighted by atomic mass is 16.2. The fourth-order valence-corrected chi connectivity index (χ4v) is 2.50. The van der Waals surface area contributed by atoms with Gasteiger partial charge in [-0.2, -0.15) is 0 Å². The molecule has 0 bridgehead atoms. The van der Waals surface area contributed by atoms with Gasteiger partial charge in [-0.1, -0.05) is 13.3 Å². The number of piperazine rings is 1. The molecule has 1 heterocycles. The Morgan fingerprint density at radius 1 is 1.26 bits per heavy atom. The molecule has 0 aromatic carbocycles. The number of nitrogens with zero attached hydrogens (tertiary/aromatic N) is 3. The Morgan fingerprint density at radius 3 is 2.32 bits per heavy atom. The lowest BCUT2D eigenvalue weighted by Crippen LogP contribution is -2.58. The van der Waals surface area contributed by atoms with Gasteiger partial charge in [-0.25, -0.2) is 0 Å². The zero-order valence-corrected chi connectivity index (χ0v) is 13.0. The Morgan fingerprint density at radius 2 is 1.84 bits per heavy atom. The van der Waals surface area contributed by atoms with Crippen molar-refractivity contribution in [3.8, 4) is 0 Å². The topological polar surface area (TPSA) is 52.8 Å². The van der Waals surface area contributed by atoms with Crippen LogP contribution in [0.25, 0.3) is 0 Å². The molecule has 0 radical (unpaired) electrons. The number of rotatable bonds is 6. The molecule has 0 spiro atoms. The highest BCUT2D eigenvalue weighted by Gasteiger charge is 2.33. The number of hydrogen-bond donors (Lipinski definition) is 1. The van der Waals surface area contributed by atoms with Gasteiger partial charge in [0.25, 0.3) is 0 Å². The summed E-state index contributed by atoms with van der Waals surface area (Å²) in [5, 5.41) is 0. The highest BCUT2D eigenvalue weighted by molar-refractivity contribution is 5.85. The molecule has 0 aromatic rings. The molecule has 1 saturated heterocycles. The zero-order chi connectivity index (χ0) is 14.5. The molecular formula is C14H30N4O. The standard InChI is InChI=1S/C14H30N4O/c1-5-6-14(2,15)13(19)18-11-9-17(10-12-18)8-7-16(3)4/h5-12,15H2,1-4H3. The molecule has 5 heteroatoms. The molecule has 1 amide bonds. The van der Waals surface area contributed by atoms with E-state index in [0.29, 0.717) is 0 Å². The summed E-state index contributed by atoms with van der Waals surface area (Å²) in [5.41, 5.74) is 5.43. The maximum atomic E-state index is 12.4. The maximum Gasteiger partial charge on any atom is 0.242 e. The molecular weight excluding hydrogens is 240 g/mol. The third-order valence-corrected chi connectivity index (χ3v) is 3.78. The van der Waals surface area contributed by atoms with Gasteiger partial charge in [0.05, 0.1) is 5.54 Å². The van der Waals surface area contributed by atoms with Crippen molar-refractivity contribution in [1.29, 1.82) is 0 Å². The van der Waals surface area contributed by atoms with E-state index in [1.807, 2.05) is 11.8 Å². The first-order chi connectivity index (χ1) is 8.86. The summed E-state index contributed by atoms with van der Waals surface area (Å²) in [5.74, 6) is 0.113. The van der Waals surface area contributed by atoms with E-state index in [-0.39, 0.29) is 5.91 Å². The monoisotopic (exact) mass is 270 g/mol. The predicted molar refractivity (Wildman–Crippen MR) is 79.1 cm³/mol. The Labute approximate surface area is 117 Å². The molecule has 0 saturated carbocycles. The fourth-order valence-electron chi connectivity index (χ4n) is 2.50. The van der Waals surface area contributed by atoms with Crippen LogP contribution in [0, 0.1) is 0 Å². The lowest BCUT2D eigenvalue weighted by Gasteiger charge is -2.38. The third kappa shape index (κ3) is 5.09. The Hall–Kier alpha value is -0.650. The highest BCUT2D eigenvalue weighted by Crippen LogP contribution is 2.14. The first-order valence-corrected chi connectivity index (χ1v) is 7.32. The largest absolute Gasteiger partial charge is 0.339 e. The van der Waals surface area contributed by atoms with Crippen LogP contribution >= 0.6 is 0 Å². The lowest BCUT2D eigenvalue weighted by atomic mass is 9.95. The minimum Gasteiger partial charge on any atom is -0.339 e. The van der Waals surface area contributed by atoms with E-state index >= 15 is 0 Å². The fraction of sp³-hybridized carbons (Fsp3) is 0.929. The van der Waals surface area contributed by atoms with Gasteiger partial charge in [0.15, 0.2) is 0 Å². The summed E-state index contributed by atoms with van der Waals surface area (Å²) in [7, 11) is 4.18. The van der Waals surface area contributed by atoms with Gasteiger partial charge < -0.3 is 15.5 Å². The molecule has 0 aliphatic carbocycles. The van der Waals surface area contributed by atoms with Crippen LogP contribution in [0.5, 0.6) is 0 Å². The summed E-state index contributed by atoms with van der Waals surface area (Å²) in [4.78, 5) is 18.9. The average Bonchev–Trinajstić information content (AvgIpc) is 2.36. The van der Waals surface area contributed by atoms with E-state index in [2.05, 4.69) is 30.8 Å². The van der Waals surface area contributed by atoms with Gasteiger partial charge in [0, 0.05) is 39.3 Å². The Kier molecular flexibility index (Phi) is 6.23. The molecule has 1 aliphatic rings. The summed E-state index contributed by atoms with van der Waals surface area (Å²) < 4.78 is 0. The predicted octanol–water partition coefficient (Wildman–Crippen LogP) is 0.210. The molecule has 0 aromatic heterocycles. The minimum atomic E-state index is -0.694. The van der Waals surface area contributed by atoms with Gasteiger partial charge in [0.2, 0.25) is 5.91 Å². The van der Waals surface area contributed by atoms with Crippen molar-refractivity contribution in [3.05, 3.63) is 0 Å². The number of likely N-dealkylation sites (N-methyl/N-ethyl adjacent to an activating group) is 1. The van der Waals surface area contributed by atoms with Gasteiger partial charge in [-0.05, 0) is 27.4 Å². The third-order valence-electron chi connectivity index (χ3n) is 3.78. The molecule has 112 valence electrons. The van der Waals surface area contributed by atoms with Crippen LogP contribution in [0.1, 0.15) is 26.7 Å². The Bertz CT molecular complexity index is 283. The quantitative estimate of drug-likeness (QED) is 0.750. The second-order valence-corrected chi connectivity index (χ2v) is 6.10. The van der Waals surface area contributed by atoms with Crippen molar-refractivity contribution in [2.75, 3.05) is 53.4 Å². The second-order valence-electron chi connectivity index (χ2n) is 6.10. The van der Waals surface area contributed by atoms with Crippen LogP contribution in [-0.4, -0.2) is 79.5 Å². The van der Waals surface area contributed by atoms with E-state index in [1.54, 1.807) is 0 Å². The zero-order valence-electron chi connectivity index (χ0n) is 13.0. The molecule has 1 atom stereocenters. The summed E-state index contributed by atoms with van der Waals surface area (Å²) in [6, 6.07) is 0. The first-order valence-electron chi connectivity index (χ1n) is 7.32. The number of carbonyl (C=O) groups excluding carboxylic acids is 1. The van der Waals surface area contributed by atoms with Crippen LogP contribution in [0.15, 0.2) is 0 Å². The Balaban J connectivity index is 2.39. The first kappa shape index (κ1) is 16.4. The van der Waals surface area contributed by atoms with Gasteiger partial charge in [-0.3, -0.25) is 9.69 Å². The van der Waals surface area contributed by atoms with Crippen molar-refractivity contribution >= 4 is 5.91 Å². The molecule has 1 fully saturated rings. The van der Waals surface area contributed by atoms with E-state index in [9.17, 15) is 4.79 Å². The van der Waals surface area contributed by atoms with E-state index in [1.165, 1.54) is 0 Å². The van der Waals surface area contributed by atoms with Crippen LogP contribution in [-0.2, 0) is 4.79 Å². The van der Waals surface area contributed by atoms with E-state index in [4.69, 9.17) is 5.73 Å². The number of nitrogens with two attached hydrogens (primary N) is 1. The van der Waals surface area contributed by atoms with Crippen molar-refractivity contribution in [2.45, 2.75) is 32.2 Å². The van der Waals surface area contributed by atoms with Crippen LogP contribution < -0.4 is 5.73 Å². The molecule has 19 heavy (non-hydrogen) atoms. The van der Waals surface area contributed by atoms with Gasteiger partial charge in [-0.15, -0.1) is 0 Å². The summed E-state index contributed by atoms with van der Waals surface area (Å²) >= 11 is 0. The van der Waals surface area contributed by atoms with Crippen LogP contribution in [0.2, 0.25) is 0 Å². The van der Waals surface area contributed by atoms with Crippen molar-refractivity contribution in [3.63, 3.8) is 0 Å². The molecule has 1 rings (SSSR count). The molecule has 5 nitrogen and oxygen atoms in total. The smallest absolute Gasteiger partial charge is 0.242 e.